The van der Waals surface area contributed by atoms with Gasteiger partial charge in [0.05, 0.1) is 24.6 Å². The summed E-state index contributed by atoms with van der Waals surface area (Å²) in [6, 6.07) is 35.3. The molecule has 1 aliphatic rings. The highest BCUT2D eigenvalue weighted by Crippen LogP contribution is 2.39. The number of phenolic OH excluding ortho intramolecular Hbond substituents is 1. The molecule has 14 heteroatoms. The minimum atomic E-state index is -4.11. The predicted octanol–water partition coefficient (Wildman–Crippen LogP) is 8.05. The first-order chi connectivity index (χ1) is 29.1. The number of ether oxygens (including phenoxy) is 1. The summed E-state index contributed by atoms with van der Waals surface area (Å²) in [5.74, 6) is -0.259. The Morgan fingerprint density at radius 2 is 1.64 bits per heavy atom. The highest BCUT2D eigenvalue weighted by molar-refractivity contribution is 7.84. The molecule has 1 unspecified atom stereocenters. The van der Waals surface area contributed by atoms with Gasteiger partial charge in [0.1, 0.15) is 17.0 Å². The highest BCUT2D eigenvalue weighted by atomic mass is 35.5. The number of nitrogens with zero attached hydrogens (tertiary/aromatic N) is 4. The van der Waals surface area contributed by atoms with Gasteiger partial charge in [-0.3, -0.25) is 4.79 Å². The summed E-state index contributed by atoms with van der Waals surface area (Å²) in [4.78, 5) is 13.2. The van der Waals surface area contributed by atoms with Gasteiger partial charge >= 0.3 is 16.3 Å². The Kier molecular flexibility index (Phi) is 13.1. The van der Waals surface area contributed by atoms with Crippen molar-refractivity contribution in [2.75, 3.05) is 12.5 Å². The summed E-state index contributed by atoms with van der Waals surface area (Å²) in [5, 5.41) is 21.5. The van der Waals surface area contributed by atoms with Crippen LogP contribution in [0.15, 0.2) is 109 Å². The van der Waals surface area contributed by atoms with Crippen LogP contribution in [-0.4, -0.2) is 65.7 Å². The number of benzene rings is 5. The van der Waals surface area contributed by atoms with Crippen LogP contribution in [0.5, 0.6) is 11.5 Å². The second-order valence-corrected chi connectivity index (χ2v) is 22.8. The lowest BCUT2D eigenvalue weighted by Gasteiger charge is -2.45. The van der Waals surface area contributed by atoms with Crippen molar-refractivity contribution in [3.63, 3.8) is 0 Å². The van der Waals surface area contributed by atoms with E-state index in [9.17, 15) is 18.3 Å². The molecule has 5 aromatic carbocycles. The lowest BCUT2D eigenvalue weighted by Crippen LogP contribution is -2.67. The molecule has 320 valence electrons. The summed E-state index contributed by atoms with van der Waals surface area (Å²) >= 11 is 6.74. The minimum absolute atomic E-state index is 0.0220. The number of alkyl halides is 1. The maximum atomic E-state index is 13.2. The maximum absolute atomic E-state index is 13.2. The quantitative estimate of drug-likeness (QED) is 0.0618. The van der Waals surface area contributed by atoms with Crippen LogP contribution < -0.4 is 14.6 Å². The van der Waals surface area contributed by atoms with E-state index >= 15 is 0 Å². The standard InChI is InChI=1S/C47H53ClN4O7SSi/c1-7-57-45(54)28-42(34-19-18-32(2)35(26-34)30-51-31-36-27-37(53)20-23-44(36)58-60(51,55)56)41-21-22-43-46(33(41)3)49-50-52(43)25-24-38(29-48)59-61(47(4,5)6,39-14-10-8-11-15-39)40-16-12-9-13-17-40/h8-23,26-27,38,42,53H,7,24-25,28-31H2,1-6H3/t38-,42?/m1/s1. The van der Waals surface area contributed by atoms with Gasteiger partial charge < -0.3 is 18.5 Å². The number of carbonyl (C=O) groups is 1. The minimum Gasteiger partial charge on any atom is -0.508 e. The van der Waals surface area contributed by atoms with Gasteiger partial charge in [-0.2, -0.15) is 12.7 Å². The monoisotopic (exact) mass is 880 g/mol. The third kappa shape index (κ3) is 9.12. The molecule has 1 aliphatic heterocycles. The van der Waals surface area contributed by atoms with Crippen molar-refractivity contribution in [3.05, 3.63) is 143 Å². The molecule has 0 amide bonds. The zero-order valence-corrected chi connectivity index (χ0v) is 38.0. The number of aryl methyl sites for hydroxylation is 3. The Labute approximate surface area is 364 Å². The third-order valence-corrected chi connectivity index (χ3v) is 18.4. The predicted molar refractivity (Wildman–Crippen MR) is 241 cm³/mol. The molecule has 0 saturated carbocycles. The van der Waals surface area contributed by atoms with E-state index < -0.39 is 24.5 Å². The van der Waals surface area contributed by atoms with Crippen molar-refractivity contribution in [2.45, 2.75) is 91.1 Å². The van der Waals surface area contributed by atoms with Crippen molar-refractivity contribution >= 4 is 57.6 Å². The number of aromatic hydroxyl groups is 1. The number of hydrogen-bond donors (Lipinski definition) is 1. The maximum Gasteiger partial charge on any atom is 0.385 e. The molecule has 11 nitrogen and oxygen atoms in total. The van der Waals surface area contributed by atoms with Crippen molar-refractivity contribution < 1.29 is 31.7 Å². The number of aromatic nitrogens is 3. The summed E-state index contributed by atoms with van der Waals surface area (Å²) in [6.45, 7) is 13.3. The molecular weight excluding hydrogens is 828 g/mol. The molecule has 1 aromatic heterocycles. The molecule has 0 spiro atoms. The molecule has 61 heavy (non-hydrogen) atoms. The normalized spacial score (nSPS) is 15.2. The fraction of sp³-hybridized carbons (Fsp3) is 0.340. The first-order valence-corrected chi connectivity index (χ1v) is 24.4. The van der Waals surface area contributed by atoms with Gasteiger partial charge in [-0.25, -0.2) is 4.68 Å². The van der Waals surface area contributed by atoms with Gasteiger partial charge in [0.25, 0.3) is 8.32 Å². The van der Waals surface area contributed by atoms with Crippen LogP contribution in [0.25, 0.3) is 11.0 Å². The molecule has 2 heterocycles. The average Bonchev–Trinajstić information content (AvgIpc) is 3.65. The topological polar surface area (TPSA) is 133 Å². The molecule has 0 radical (unpaired) electrons. The van der Waals surface area contributed by atoms with Gasteiger partial charge in [-0.05, 0) is 94.7 Å². The number of esters is 1. The number of rotatable bonds is 15. The van der Waals surface area contributed by atoms with E-state index in [1.807, 2.05) is 61.0 Å². The van der Waals surface area contributed by atoms with Gasteiger partial charge in [0.2, 0.25) is 0 Å². The fourth-order valence-corrected chi connectivity index (χ4v) is 14.6. The van der Waals surface area contributed by atoms with Crippen molar-refractivity contribution in [3.8, 4) is 11.5 Å². The second kappa shape index (κ2) is 18.1. The Balaban J connectivity index is 1.17. The van der Waals surface area contributed by atoms with E-state index in [1.165, 1.54) is 32.9 Å². The molecular formula is C47H53ClN4O7SSi. The van der Waals surface area contributed by atoms with Crippen molar-refractivity contribution in [1.82, 2.24) is 19.3 Å². The molecule has 0 saturated heterocycles. The summed E-state index contributed by atoms with van der Waals surface area (Å²) < 4.78 is 47.8. The summed E-state index contributed by atoms with van der Waals surface area (Å²) in [6.07, 6.45) is 0.395. The van der Waals surface area contributed by atoms with E-state index in [0.29, 0.717) is 29.9 Å². The van der Waals surface area contributed by atoms with Crippen molar-refractivity contribution in [1.29, 1.82) is 0 Å². The van der Waals surface area contributed by atoms with Crippen LogP contribution >= 0.6 is 11.6 Å². The van der Waals surface area contributed by atoms with Crippen LogP contribution in [0.1, 0.15) is 79.8 Å². The van der Waals surface area contributed by atoms with E-state index in [-0.39, 0.29) is 54.7 Å². The molecule has 0 fully saturated rings. The average molecular weight is 882 g/mol. The smallest absolute Gasteiger partial charge is 0.385 e. The third-order valence-electron chi connectivity index (χ3n) is 11.7. The van der Waals surface area contributed by atoms with Crippen LogP contribution in [0, 0.1) is 13.8 Å². The number of hydrogen-bond acceptors (Lipinski definition) is 9. The number of phenols is 1. The molecule has 7 rings (SSSR count). The second-order valence-electron chi connectivity index (χ2n) is 16.7. The number of halogens is 1. The van der Waals surface area contributed by atoms with Crippen LogP contribution in [0.4, 0.5) is 0 Å². The Hall–Kier alpha value is -5.05. The van der Waals surface area contributed by atoms with E-state index in [1.54, 1.807) is 6.92 Å². The molecule has 2 atom stereocenters. The Morgan fingerprint density at radius 3 is 2.28 bits per heavy atom. The Morgan fingerprint density at radius 1 is 0.951 bits per heavy atom. The van der Waals surface area contributed by atoms with Gasteiger partial charge in [0, 0.05) is 37.0 Å². The fourth-order valence-electron chi connectivity index (χ4n) is 8.50. The highest BCUT2D eigenvalue weighted by Gasteiger charge is 2.51. The number of carbonyl (C=O) groups excluding carboxylic acids is 1. The van der Waals surface area contributed by atoms with Gasteiger partial charge in [-0.1, -0.05) is 111 Å². The largest absolute Gasteiger partial charge is 0.508 e. The molecule has 1 N–H and O–H groups in total. The van der Waals surface area contributed by atoms with Crippen LogP contribution in [-0.2, 0) is 43.9 Å². The lowest BCUT2D eigenvalue weighted by atomic mass is 9.84. The zero-order valence-electron chi connectivity index (χ0n) is 35.5. The van der Waals surface area contributed by atoms with E-state index in [2.05, 4.69) is 79.6 Å². The molecule has 0 bridgehead atoms. The van der Waals surface area contributed by atoms with E-state index in [4.69, 9.17) is 24.9 Å². The van der Waals surface area contributed by atoms with Gasteiger partial charge in [-0.15, -0.1) is 16.7 Å². The summed E-state index contributed by atoms with van der Waals surface area (Å²) in [5.41, 5.74) is 6.33. The summed E-state index contributed by atoms with van der Waals surface area (Å²) in [7, 11) is -6.96. The number of fused-ring (bicyclic) bond motifs is 2. The molecule has 6 aromatic rings. The van der Waals surface area contributed by atoms with Gasteiger partial charge in [0.15, 0.2) is 0 Å². The van der Waals surface area contributed by atoms with Crippen LogP contribution in [0.2, 0.25) is 5.04 Å². The first-order valence-electron chi connectivity index (χ1n) is 20.6. The SMILES string of the molecule is CCOC(=O)CC(c1ccc(C)c(CN2Cc3cc(O)ccc3OS2(=O)=O)c1)c1ccc2c(nnn2CC[C@H](CCl)O[Si](c2ccccc2)(c2ccccc2)C(C)(C)C)c1C. The molecule has 0 aliphatic carbocycles. The van der Waals surface area contributed by atoms with Crippen molar-refractivity contribution in [2.24, 2.45) is 0 Å². The van der Waals surface area contributed by atoms with E-state index in [0.717, 1.165) is 33.3 Å². The Bertz CT molecular complexity index is 2580. The lowest BCUT2D eigenvalue weighted by molar-refractivity contribution is -0.143. The zero-order chi connectivity index (χ0) is 43.5. The van der Waals surface area contributed by atoms with Crippen LogP contribution in [0.3, 0.4) is 0 Å². The first kappa shape index (κ1) is 44.0.